The standard InChI is InChI=1S/C15H19Cl2NOS/c1-2-3-4-8-13(19)18-9-10-20-15(18)11-6-5-7-12(16)14(11)17/h5-7,15H,2-4,8-10H2,1H3/t15-/m0/s1. The Kier molecular flexibility index (Phi) is 6.06. The van der Waals surface area contributed by atoms with Crippen molar-refractivity contribution in [1.82, 2.24) is 4.90 Å². The Labute approximate surface area is 134 Å². The summed E-state index contributed by atoms with van der Waals surface area (Å²) in [6.07, 6.45) is 3.83. The maximum Gasteiger partial charge on any atom is 0.223 e. The van der Waals surface area contributed by atoms with E-state index in [4.69, 9.17) is 23.2 Å². The maximum atomic E-state index is 12.3. The molecule has 0 bridgehead atoms. The highest BCUT2D eigenvalue weighted by molar-refractivity contribution is 7.99. The first-order valence-corrected chi connectivity index (χ1v) is 8.80. The smallest absolute Gasteiger partial charge is 0.223 e. The zero-order valence-electron chi connectivity index (χ0n) is 11.6. The third-order valence-corrected chi connectivity index (χ3v) is 5.53. The Hall–Kier alpha value is -0.380. The average molecular weight is 332 g/mol. The predicted molar refractivity (Wildman–Crippen MR) is 87.5 cm³/mol. The Morgan fingerprint density at radius 1 is 1.40 bits per heavy atom. The largest absolute Gasteiger partial charge is 0.326 e. The minimum Gasteiger partial charge on any atom is -0.326 e. The number of unbranched alkanes of at least 4 members (excludes halogenated alkanes) is 2. The number of thioether (sulfide) groups is 1. The van der Waals surface area contributed by atoms with E-state index in [0.717, 1.165) is 37.1 Å². The monoisotopic (exact) mass is 331 g/mol. The normalized spacial score (nSPS) is 18.6. The van der Waals surface area contributed by atoms with Gasteiger partial charge in [-0.05, 0) is 12.5 Å². The third-order valence-electron chi connectivity index (χ3n) is 3.45. The lowest BCUT2D eigenvalue weighted by Crippen LogP contribution is -2.30. The summed E-state index contributed by atoms with van der Waals surface area (Å²) in [5.41, 5.74) is 0.950. The lowest BCUT2D eigenvalue weighted by molar-refractivity contribution is -0.131. The van der Waals surface area contributed by atoms with Gasteiger partial charge in [0, 0.05) is 24.3 Å². The minimum absolute atomic E-state index is 0.00956. The van der Waals surface area contributed by atoms with Gasteiger partial charge >= 0.3 is 0 Å². The van der Waals surface area contributed by atoms with Gasteiger partial charge in [0.05, 0.1) is 10.0 Å². The van der Waals surface area contributed by atoms with Crippen molar-refractivity contribution in [3.05, 3.63) is 33.8 Å². The van der Waals surface area contributed by atoms with Gasteiger partial charge in [0.25, 0.3) is 0 Å². The van der Waals surface area contributed by atoms with Crippen molar-refractivity contribution in [3.63, 3.8) is 0 Å². The average Bonchev–Trinajstić information content (AvgIpc) is 2.91. The fourth-order valence-corrected chi connectivity index (χ4v) is 4.14. The Morgan fingerprint density at radius 2 is 2.20 bits per heavy atom. The number of rotatable bonds is 5. The molecule has 0 spiro atoms. The highest BCUT2D eigenvalue weighted by atomic mass is 35.5. The van der Waals surface area contributed by atoms with Gasteiger partial charge in [-0.1, -0.05) is 55.1 Å². The molecule has 110 valence electrons. The molecular formula is C15H19Cl2NOS. The van der Waals surface area contributed by atoms with Gasteiger partial charge in [-0.15, -0.1) is 11.8 Å². The Balaban J connectivity index is 2.10. The molecule has 1 aliphatic rings. The highest BCUT2D eigenvalue weighted by Gasteiger charge is 2.31. The van der Waals surface area contributed by atoms with Gasteiger partial charge in [0.2, 0.25) is 5.91 Å². The summed E-state index contributed by atoms with van der Waals surface area (Å²) in [5.74, 6) is 1.18. The van der Waals surface area contributed by atoms with E-state index in [0.29, 0.717) is 16.5 Å². The van der Waals surface area contributed by atoms with Gasteiger partial charge in [0.15, 0.2) is 0 Å². The molecule has 0 unspecified atom stereocenters. The highest BCUT2D eigenvalue weighted by Crippen LogP contribution is 2.43. The second kappa shape index (κ2) is 7.58. The van der Waals surface area contributed by atoms with Crippen LogP contribution in [0, 0.1) is 0 Å². The SMILES string of the molecule is CCCCCC(=O)N1CCS[C@H]1c1cccc(Cl)c1Cl. The summed E-state index contributed by atoms with van der Waals surface area (Å²) in [6.45, 7) is 2.94. The van der Waals surface area contributed by atoms with Crippen LogP contribution in [0.1, 0.15) is 43.5 Å². The Bertz CT molecular complexity index is 481. The number of hydrogen-bond acceptors (Lipinski definition) is 2. The van der Waals surface area contributed by atoms with Crippen LogP contribution in [-0.4, -0.2) is 23.1 Å². The number of benzene rings is 1. The molecule has 1 aromatic carbocycles. The van der Waals surface area contributed by atoms with E-state index in [1.54, 1.807) is 17.8 Å². The van der Waals surface area contributed by atoms with Crippen LogP contribution in [0.4, 0.5) is 0 Å². The van der Waals surface area contributed by atoms with Crippen LogP contribution in [0.5, 0.6) is 0 Å². The number of amides is 1. The summed E-state index contributed by atoms with van der Waals surface area (Å²) >= 11 is 14.1. The zero-order chi connectivity index (χ0) is 14.5. The molecule has 5 heteroatoms. The van der Waals surface area contributed by atoms with Gasteiger partial charge in [-0.2, -0.15) is 0 Å². The molecule has 1 saturated heterocycles. The molecule has 1 fully saturated rings. The quantitative estimate of drug-likeness (QED) is 0.695. The molecule has 2 rings (SSSR count). The summed E-state index contributed by atoms with van der Waals surface area (Å²) in [7, 11) is 0. The van der Waals surface area contributed by atoms with E-state index in [1.165, 1.54) is 0 Å². The first-order chi connectivity index (χ1) is 9.65. The van der Waals surface area contributed by atoms with Crippen molar-refractivity contribution in [2.45, 2.75) is 38.0 Å². The van der Waals surface area contributed by atoms with E-state index in [1.807, 2.05) is 17.0 Å². The van der Waals surface area contributed by atoms with E-state index < -0.39 is 0 Å². The van der Waals surface area contributed by atoms with Crippen LogP contribution in [0.2, 0.25) is 10.0 Å². The fraction of sp³-hybridized carbons (Fsp3) is 0.533. The van der Waals surface area contributed by atoms with E-state index in [2.05, 4.69) is 6.92 Å². The van der Waals surface area contributed by atoms with E-state index >= 15 is 0 Å². The van der Waals surface area contributed by atoms with Gasteiger partial charge in [0.1, 0.15) is 5.37 Å². The van der Waals surface area contributed by atoms with Crippen LogP contribution in [-0.2, 0) is 4.79 Å². The van der Waals surface area contributed by atoms with Crippen molar-refractivity contribution in [2.75, 3.05) is 12.3 Å². The number of nitrogens with zero attached hydrogens (tertiary/aromatic N) is 1. The van der Waals surface area contributed by atoms with Gasteiger partial charge in [-0.3, -0.25) is 4.79 Å². The lowest BCUT2D eigenvalue weighted by Gasteiger charge is -2.25. The zero-order valence-corrected chi connectivity index (χ0v) is 13.9. The molecule has 1 atom stereocenters. The van der Waals surface area contributed by atoms with Crippen LogP contribution >= 0.6 is 35.0 Å². The molecule has 1 aromatic rings. The second-order valence-electron chi connectivity index (χ2n) is 4.91. The molecule has 0 radical (unpaired) electrons. The molecular weight excluding hydrogens is 313 g/mol. The second-order valence-corrected chi connectivity index (χ2v) is 6.88. The van der Waals surface area contributed by atoms with E-state index in [-0.39, 0.29) is 11.3 Å². The van der Waals surface area contributed by atoms with Crippen LogP contribution < -0.4 is 0 Å². The first kappa shape index (κ1) is 16.0. The van der Waals surface area contributed by atoms with Gasteiger partial charge in [-0.25, -0.2) is 0 Å². The minimum atomic E-state index is 0.00956. The number of halogens is 2. The first-order valence-electron chi connectivity index (χ1n) is 7.00. The number of carbonyl (C=O) groups excluding carboxylic acids is 1. The Morgan fingerprint density at radius 3 is 2.95 bits per heavy atom. The summed E-state index contributed by atoms with van der Waals surface area (Å²) < 4.78 is 0. The van der Waals surface area contributed by atoms with Crippen LogP contribution in [0.15, 0.2) is 18.2 Å². The van der Waals surface area contributed by atoms with Crippen LogP contribution in [0.25, 0.3) is 0 Å². The molecule has 0 aliphatic carbocycles. The van der Waals surface area contributed by atoms with Crippen LogP contribution in [0.3, 0.4) is 0 Å². The van der Waals surface area contributed by atoms with Crippen molar-refractivity contribution >= 4 is 40.9 Å². The molecule has 1 amide bonds. The fourth-order valence-electron chi connectivity index (χ4n) is 2.36. The number of carbonyl (C=O) groups is 1. The molecule has 1 heterocycles. The molecule has 0 saturated carbocycles. The predicted octanol–water partition coefficient (Wildman–Crippen LogP) is 5.15. The van der Waals surface area contributed by atoms with Crippen molar-refractivity contribution in [2.24, 2.45) is 0 Å². The molecule has 0 aromatic heterocycles. The molecule has 2 nitrogen and oxygen atoms in total. The molecule has 20 heavy (non-hydrogen) atoms. The third kappa shape index (κ3) is 3.63. The van der Waals surface area contributed by atoms with Gasteiger partial charge < -0.3 is 4.90 Å². The van der Waals surface area contributed by atoms with Crippen molar-refractivity contribution < 1.29 is 4.79 Å². The molecule has 1 aliphatic heterocycles. The van der Waals surface area contributed by atoms with Crippen molar-refractivity contribution in [3.8, 4) is 0 Å². The maximum absolute atomic E-state index is 12.3. The lowest BCUT2D eigenvalue weighted by atomic mass is 10.1. The number of hydrogen-bond donors (Lipinski definition) is 0. The summed E-state index contributed by atoms with van der Waals surface area (Å²) in [4.78, 5) is 14.3. The van der Waals surface area contributed by atoms with Crippen molar-refractivity contribution in [1.29, 1.82) is 0 Å². The van der Waals surface area contributed by atoms with E-state index in [9.17, 15) is 4.79 Å². The topological polar surface area (TPSA) is 20.3 Å². The molecule has 0 N–H and O–H groups in total. The summed E-state index contributed by atoms with van der Waals surface area (Å²) in [6, 6.07) is 5.63. The summed E-state index contributed by atoms with van der Waals surface area (Å²) in [5, 5.41) is 1.13.